The molecule has 0 aliphatic carbocycles. The zero-order chi connectivity index (χ0) is 13.1. The number of aromatic nitrogens is 1. The lowest BCUT2D eigenvalue weighted by molar-refractivity contribution is 0.0636. The molecule has 96 valence electrons. The second kappa shape index (κ2) is 5.76. The van der Waals surface area contributed by atoms with E-state index in [1.807, 2.05) is 6.92 Å². The van der Waals surface area contributed by atoms with E-state index in [9.17, 15) is 5.11 Å². The molecule has 6 heteroatoms. The average molecular weight is 278 g/mol. The van der Waals surface area contributed by atoms with Gasteiger partial charge in [-0.15, -0.1) is 0 Å². The molecule has 0 bridgehead atoms. The number of nitrogen functional groups attached to an aromatic ring is 1. The fourth-order valence-electron chi connectivity index (χ4n) is 1.51. The van der Waals surface area contributed by atoms with E-state index in [2.05, 4.69) is 10.3 Å². The van der Waals surface area contributed by atoms with Crippen molar-refractivity contribution in [2.24, 2.45) is 0 Å². The molecule has 0 amide bonds. The van der Waals surface area contributed by atoms with Gasteiger partial charge < -0.3 is 16.2 Å². The van der Waals surface area contributed by atoms with E-state index in [-0.39, 0.29) is 5.82 Å². The van der Waals surface area contributed by atoms with Gasteiger partial charge in [0.25, 0.3) is 0 Å². The molecule has 1 aromatic heterocycles. The molecule has 1 heterocycles. The number of anilines is 2. The molecule has 4 N–H and O–H groups in total. The Balaban J connectivity index is 2.73. The minimum absolute atomic E-state index is 0.216. The Bertz CT molecular complexity index is 397. The van der Waals surface area contributed by atoms with Gasteiger partial charge in [-0.2, -0.15) is 0 Å². The van der Waals surface area contributed by atoms with Gasteiger partial charge in [0.1, 0.15) is 11.6 Å². The number of rotatable bonds is 5. The minimum atomic E-state index is -0.797. The second-order valence-electron chi connectivity index (χ2n) is 4.29. The van der Waals surface area contributed by atoms with E-state index in [1.54, 1.807) is 6.92 Å². The van der Waals surface area contributed by atoms with Crippen molar-refractivity contribution in [3.63, 3.8) is 0 Å². The van der Waals surface area contributed by atoms with Crippen molar-refractivity contribution in [1.82, 2.24) is 4.98 Å². The van der Waals surface area contributed by atoms with Crippen molar-refractivity contribution < 1.29 is 5.11 Å². The fraction of sp³-hybridized carbons (Fsp3) is 0.545. The molecule has 0 spiro atoms. The Hall–Kier alpha value is -0.710. The highest BCUT2D eigenvalue weighted by Crippen LogP contribution is 2.27. The van der Waals surface area contributed by atoms with Gasteiger partial charge in [-0.1, -0.05) is 36.5 Å². The van der Waals surface area contributed by atoms with Crippen LogP contribution in [0.1, 0.15) is 26.7 Å². The Morgan fingerprint density at radius 3 is 2.71 bits per heavy atom. The Morgan fingerprint density at radius 1 is 1.47 bits per heavy atom. The molecule has 0 saturated carbocycles. The first-order valence-corrected chi connectivity index (χ1v) is 6.19. The lowest BCUT2D eigenvalue weighted by Crippen LogP contribution is -2.33. The summed E-state index contributed by atoms with van der Waals surface area (Å²) in [6, 6.07) is 1.53. The highest BCUT2D eigenvalue weighted by Gasteiger charge is 2.19. The molecule has 0 radical (unpaired) electrons. The van der Waals surface area contributed by atoms with Crippen LogP contribution < -0.4 is 11.1 Å². The van der Waals surface area contributed by atoms with Crippen LogP contribution in [0, 0.1) is 0 Å². The third-order valence-corrected chi connectivity index (χ3v) is 2.97. The Kier molecular flexibility index (Phi) is 4.86. The maximum atomic E-state index is 10.00. The van der Waals surface area contributed by atoms with Crippen LogP contribution in [0.4, 0.5) is 11.6 Å². The van der Waals surface area contributed by atoms with Gasteiger partial charge in [0, 0.05) is 6.54 Å². The summed E-state index contributed by atoms with van der Waals surface area (Å²) in [5, 5.41) is 13.7. The highest BCUT2D eigenvalue weighted by molar-refractivity contribution is 6.37. The van der Waals surface area contributed by atoms with Crippen molar-refractivity contribution in [2.45, 2.75) is 32.3 Å². The van der Waals surface area contributed by atoms with E-state index >= 15 is 0 Å². The van der Waals surface area contributed by atoms with Crippen LogP contribution in [-0.2, 0) is 0 Å². The Morgan fingerprint density at radius 2 is 2.12 bits per heavy atom. The van der Waals surface area contributed by atoms with Gasteiger partial charge in [-0.25, -0.2) is 4.98 Å². The van der Waals surface area contributed by atoms with Gasteiger partial charge in [0.15, 0.2) is 0 Å². The first kappa shape index (κ1) is 14.4. The molecule has 0 aliphatic heterocycles. The summed E-state index contributed by atoms with van der Waals surface area (Å²) in [6.07, 6.45) is 1.60. The predicted molar refractivity (Wildman–Crippen MR) is 72.7 cm³/mol. The monoisotopic (exact) mass is 277 g/mol. The van der Waals surface area contributed by atoms with Crippen LogP contribution in [0.25, 0.3) is 0 Å². The summed E-state index contributed by atoms with van der Waals surface area (Å²) in [4.78, 5) is 4.03. The third-order valence-electron chi connectivity index (χ3n) is 2.38. The van der Waals surface area contributed by atoms with E-state index < -0.39 is 5.60 Å². The molecule has 1 aromatic rings. The van der Waals surface area contributed by atoms with Crippen LogP contribution in [0.3, 0.4) is 0 Å². The molecule has 0 aromatic carbocycles. The van der Waals surface area contributed by atoms with Gasteiger partial charge in [-0.3, -0.25) is 0 Å². The van der Waals surface area contributed by atoms with Crippen LogP contribution >= 0.6 is 23.2 Å². The third kappa shape index (κ3) is 4.22. The number of halogens is 2. The molecule has 0 aliphatic rings. The van der Waals surface area contributed by atoms with Crippen molar-refractivity contribution in [3.8, 4) is 0 Å². The number of aliphatic hydroxyl groups is 1. The maximum Gasteiger partial charge on any atom is 0.147 e. The maximum absolute atomic E-state index is 10.00. The smallest absolute Gasteiger partial charge is 0.147 e. The van der Waals surface area contributed by atoms with E-state index in [0.29, 0.717) is 28.8 Å². The summed E-state index contributed by atoms with van der Waals surface area (Å²) in [5.41, 5.74) is 4.79. The molecule has 1 atom stereocenters. The molecule has 1 unspecified atom stereocenters. The summed E-state index contributed by atoms with van der Waals surface area (Å²) in [5.74, 6) is 0.652. The number of nitrogens with two attached hydrogens (primary N) is 1. The predicted octanol–water partition coefficient (Wildman–Crippen LogP) is 2.93. The molecular weight excluding hydrogens is 261 g/mol. The highest BCUT2D eigenvalue weighted by atomic mass is 35.5. The van der Waals surface area contributed by atoms with E-state index in [0.717, 1.165) is 6.42 Å². The number of nitrogens with one attached hydrogen (secondary N) is 1. The van der Waals surface area contributed by atoms with Crippen LogP contribution in [-0.4, -0.2) is 22.2 Å². The number of pyridine rings is 1. The molecular formula is C11H17Cl2N3O. The van der Waals surface area contributed by atoms with E-state index in [1.165, 1.54) is 6.07 Å². The van der Waals surface area contributed by atoms with Crippen molar-refractivity contribution in [2.75, 3.05) is 17.6 Å². The molecule has 0 saturated heterocycles. The summed E-state index contributed by atoms with van der Waals surface area (Å²) >= 11 is 11.7. The lowest BCUT2D eigenvalue weighted by Gasteiger charge is -2.23. The Labute approximate surface area is 111 Å². The SMILES string of the molecule is CCCC(C)(O)CNc1nc(N)c(Cl)cc1Cl. The van der Waals surface area contributed by atoms with Crippen molar-refractivity contribution in [1.29, 1.82) is 0 Å². The minimum Gasteiger partial charge on any atom is -0.388 e. The first-order valence-electron chi connectivity index (χ1n) is 5.43. The van der Waals surface area contributed by atoms with Gasteiger partial charge in [-0.05, 0) is 19.4 Å². The largest absolute Gasteiger partial charge is 0.388 e. The van der Waals surface area contributed by atoms with Crippen molar-refractivity contribution in [3.05, 3.63) is 16.1 Å². The molecule has 4 nitrogen and oxygen atoms in total. The van der Waals surface area contributed by atoms with Crippen LogP contribution in [0.15, 0.2) is 6.07 Å². The quantitative estimate of drug-likeness (QED) is 0.774. The van der Waals surface area contributed by atoms with E-state index in [4.69, 9.17) is 28.9 Å². The normalized spacial score (nSPS) is 14.4. The number of nitrogens with zero attached hydrogens (tertiary/aromatic N) is 1. The molecule has 1 rings (SSSR count). The standard InChI is InChI=1S/C11H17Cl2N3O/c1-3-4-11(2,17)6-15-10-8(13)5-7(12)9(14)16-10/h5,17H,3-4,6H2,1-2H3,(H3,14,15,16). The second-order valence-corrected chi connectivity index (χ2v) is 5.10. The lowest BCUT2D eigenvalue weighted by atomic mass is 10.0. The fourth-order valence-corrected chi connectivity index (χ4v) is 1.93. The summed E-state index contributed by atoms with van der Waals surface area (Å²) in [6.45, 7) is 4.13. The molecule has 17 heavy (non-hydrogen) atoms. The van der Waals surface area contributed by atoms with Crippen LogP contribution in [0.2, 0.25) is 10.0 Å². The zero-order valence-electron chi connectivity index (χ0n) is 9.93. The van der Waals surface area contributed by atoms with Gasteiger partial charge in [0.05, 0.1) is 15.6 Å². The number of hydrogen-bond acceptors (Lipinski definition) is 4. The first-order chi connectivity index (χ1) is 7.85. The average Bonchev–Trinajstić information content (AvgIpc) is 2.21. The summed E-state index contributed by atoms with van der Waals surface area (Å²) in [7, 11) is 0. The van der Waals surface area contributed by atoms with Gasteiger partial charge in [0.2, 0.25) is 0 Å². The summed E-state index contributed by atoms with van der Waals surface area (Å²) < 4.78 is 0. The van der Waals surface area contributed by atoms with Crippen molar-refractivity contribution >= 4 is 34.8 Å². The zero-order valence-corrected chi connectivity index (χ0v) is 11.4. The topological polar surface area (TPSA) is 71.2 Å². The van der Waals surface area contributed by atoms with Gasteiger partial charge >= 0.3 is 0 Å². The number of hydrogen-bond donors (Lipinski definition) is 3. The molecule has 0 fully saturated rings. The van der Waals surface area contributed by atoms with Crippen LogP contribution in [0.5, 0.6) is 0 Å².